The Hall–Kier alpha value is -2.48. The molecule has 1 aliphatic heterocycles. The van der Waals surface area contributed by atoms with Gasteiger partial charge < -0.3 is 30.4 Å². The maximum Gasteiger partial charge on any atom is 0 e. The normalized spacial score (nSPS) is 12.6. The second kappa shape index (κ2) is 6.90. The topological polar surface area (TPSA) is 32.5 Å². The van der Waals surface area contributed by atoms with Crippen molar-refractivity contribution in [2.45, 2.75) is 6.54 Å². The zero-order valence-corrected chi connectivity index (χ0v) is 12.6. The first-order valence-corrected chi connectivity index (χ1v) is 4.54. The molecule has 0 bridgehead atoms. The van der Waals surface area contributed by atoms with Gasteiger partial charge >= 0.3 is 0 Å². The molecule has 0 spiro atoms. The van der Waals surface area contributed by atoms with E-state index < -0.39 is 0 Å². The molecule has 0 fully saturated rings. The number of anilines is 1. The van der Waals surface area contributed by atoms with Crippen LogP contribution in [0.4, 0.5) is 5.69 Å². The largest absolute Gasteiger partial charge is 0.510 e. The van der Waals surface area contributed by atoms with Crippen LogP contribution >= 0.6 is 0 Å². The first-order valence-electron chi connectivity index (χ1n) is 4.54. The fourth-order valence-corrected chi connectivity index (χ4v) is 1.33. The van der Waals surface area contributed by atoms with Crippen LogP contribution in [-0.4, -0.2) is 11.9 Å². The van der Waals surface area contributed by atoms with Crippen molar-refractivity contribution in [3.63, 3.8) is 0 Å². The summed E-state index contributed by atoms with van der Waals surface area (Å²) < 4.78 is 0. The minimum atomic E-state index is 0. The summed E-state index contributed by atoms with van der Waals surface area (Å²) in [4.78, 5) is 4.00. The number of hydrogen-bond donors (Lipinski definition) is 1. The summed E-state index contributed by atoms with van der Waals surface area (Å²) in [6.45, 7) is 2.56. The molecule has 1 radical (unpaired) electrons. The van der Waals surface area contributed by atoms with Crippen LogP contribution < -0.4 is 10.6 Å². The van der Waals surface area contributed by atoms with Crippen LogP contribution in [0.25, 0.3) is 0 Å². The van der Waals surface area contributed by atoms with Gasteiger partial charge in [-0.2, -0.15) is 24.9 Å². The first kappa shape index (κ1) is 16.9. The maximum absolute atomic E-state index is 5.51. The van der Waals surface area contributed by atoms with Gasteiger partial charge in [0.1, 0.15) is 0 Å². The van der Waals surface area contributed by atoms with E-state index in [1.54, 1.807) is 0 Å². The number of nitrogens with zero attached hydrogens (tertiary/aromatic N) is 2. The first-order chi connectivity index (χ1) is 6.79. The summed E-state index contributed by atoms with van der Waals surface area (Å²) in [6.07, 6.45) is 3.98. The van der Waals surface area contributed by atoms with Crippen molar-refractivity contribution in [3.05, 3.63) is 63.8 Å². The van der Waals surface area contributed by atoms with Gasteiger partial charge in [-0.15, -0.1) is 17.3 Å². The predicted octanol–water partition coefficient (Wildman–Crippen LogP) is 2.19. The van der Waals surface area contributed by atoms with Gasteiger partial charge in [-0.05, 0) is 26.0 Å². The Labute approximate surface area is 99.2 Å². The van der Waals surface area contributed by atoms with Crippen molar-refractivity contribution in [2.24, 2.45) is 5.73 Å². The third-order valence-electron chi connectivity index (χ3n) is 2.14. The van der Waals surface area contributed by atoms with Gasteiger partial charge in [-0.25, -0.2) is 0 Å². The molecule has 0 aromatic heterocycles. The quantitative estimate of drug-likeness (QED) is 0.661. The van der Waals surface area contributed by atoms with Crippen molar-refractivity contribution in [2.75, 3.05) is 11.9 Å². The average Bonchev–Trinajstić information content (AvgIpc) is 2.65. The van der Waals surface area contributed by atoms with E-state index in [0.717, 1.165) is 11.3 Å². The van der Waals surface area contributed by atoms with Crippen LogP contribution in [0.5, 0.6) is 0 Å². The monoisotopic (exact) mass is 479 g/mol. The average molecular weight is 479 g/mol. The molecular weight excluding hydrogens is 460 g/mol. The summed E-state index contributed by atoms with van der Waals surface area (Å²) in [6, 6.07) is 9.15. The fourth-order valence-electron chi connectivity index (χ4n) is 1.33. The molecule has 0 amide bonds. The third kappa shape index (κ3) is 3.54. The SMILES string of the molecule is CN1C=CN(c2[c-]cc(CN)cc2)[CH-]1.[CH3-].[CH3-].[Lr]. The van der Waals surface area contributed by atoms with Crippen LogP contribution in [0, 0.1) is 27.6 Å². The summed E-state index contributed by atoms with van der Waals surface area (Å²) in [5.74, 6) is 0. The summed E-state index contributed by atoms with van der Waals surface area (Å²) in [7, 11) is 1.99. The molecule has 1 heterocycles. The number of nitrogens with two attached hydrogens (primary N) is 1. The molecule has 0 aliphatic carbocycles. The third-order valence-corrected chi connectivity index (χ3v) is 2.14. The van der Waals surface area contributed by atoms with Crippen LogP contribution in [0.2, 0.25) is 0 Å². The molecule has 1 aromatic carbocycles. The van der Waals surface area contributed by atoms with Gasteiger partial charge in [-0.3, -0.25) is 0 Å². The molecular formula is C13H19LrN3-4. The minimum absolute atomic E-state index is 0. The van der Waals surface area contributed by atoms with Gasteiger partial charge in [-0.1, -0.05) is 0 Å². The molecule has 0 atom stereocenters. The number of hydrogen-bond acceptors (Lipinski definition) is 3. The Morgan fingerprint density at radius 1 is 1.29 bits per heavy atom. The van der Waals surface area contributed by atoms with Crippen molar-refractivity contribution in [3.8, 4) is 0 Å². The minimum Gasteiger partial charge on any atom is -0.510 e. The molecule has 105 valence electrons. The zero-order valence-electron chi connectivity index (χ0n) is 10.4. The summed E-state index contributed by atoms with van der Waals surface area (Å²) in [5.41, 5.74) is 7.64. The van der Waals surface area contributed by atoms with E-state index in [-0.39, 0.29) is 14.9 Å². The molecule has 17 heavy (non-hydrogen) atoms. The van der Waals surface area contributed by atoms with E-state index in [0.29, 0.717) is 6.54 Å². The predicted molar refractivity (Wildman–Crippen MR) is 69.7 cm³/mol. The van der Waals surface area contributed by atoms with Gasteiger partial charge in [0.2, 0.25) is 0 Å². The van der Waals surface area contributed by atoms with E-state index in [1.807, 2.05) is 54.1 Å². The number of rotatable bonds is 2. The molecule has 4 heteroatoms. The molecule has 1 aliphatic rings. The van der Waals surface area contributed by atoms with Gasteiger partial charge in [0, 0.05) is 0 Å². The van der Waals surface area contributed by atoms with Crippen molar-refractivity contribution >= 4 is 5.69 Å². The van der Waals surface area contributed by atoms with Crippen molar-refractivity contribution in [1.82, 2.24) is 4.90 Å². The Balaban J connectivity index is 0. The van der Waals surface area contributed by atoms with Crippen LogP contribution in [0.1, 0.15) is 5.56 Å². The Kier molecular flexibility index (Phi) is 6.88. The van der Waals surface area contributed by atoms with Crippen molar-refractivity contribution < 1.29 is 0 Å². The molecule has 2 rings (SSSR count). The standard InChI is InChI=1S/C11H13N3.2CH3.Lr/c1-13-6-7-14(9-13)11-4-2-10(8-12)3-5-11;;;/h2-4,6-7,9H,8,12H2,1H3;2*1H3;/q-2;2*-1;. The summed E-state index contributed by atoms with van der Waals surface area (Å²) >= 11 is 0. The Morgan fingerprint density at radius 3 is 2.41 bits per heavy atom. The summed E-state index contributed by atoms with van der Waals surface area (Å²) in [5, 5.41) is 0. The zero-order chi connectivity index (χ0) is 9.97. The fraction of sp³-hybridized carbons (Fsp3) is 0.154. The van der Waals surface area contributed by atoms with Crippen LogP contribution in [-0.2, 0) is 6.54 Å². The van der Waals surface area contributed by atoms with Crippen LogP contribution in [0.3, 0.4) is 0 Å². The maximum atomic E-state index is 5.51. The second-order valence-electron chi connectivity index (χ2n) is 3.27. The molecule has 1 aromatic rings. The van der Waals surface area contributed by atoms with E-state index in [2.05, 4.69) is 6.07 Å². The van der Waals surface area contributed by atoms with E-state index in [9.17, 15) is 0 Å². The Morgan fingerprint density at radius 2 is 2.00 bits per heavy atom. The smallest absolute Gasteiger partial charge is 0 e. The molecule has 0 unspecified atom stereocenters. The van der Waals surface area contributed by atoms with E-state index in [4.69, 9.17) is 5.73 Å². The van der Waals surface area contributed by atoms with Gasteiger partial charge in [0.25, 0.3) is 0 Å². The molecule has 0 saturated carbocycles. The van der Waals surface area contributed by atoms with Crippen molar-refractivity contribution in [1.29, 1.82) is 0 Å². The number of benzene rings is 1. The van der Waals surface area contributed by atoms with E-state index in [1.165, 1.54) is 0 Å². The second-order valence-corrected chi connectivity index (χ2v) is 3.27. The molecule has 2 N–H and O–H groups in total. The Bertz CT molecular complexity index is 335. The molecule has 0 saturated heterocycles. The van der Waals surface area contributed by atoms with Crippen LogP contribution in [0.15, 0.2) is 30.6 Å². The van der Waals surface area contributed by atoms with E-state index >= 15 is 0 Å². The molecule has 3 nitrogen and oxygen atoms in total. The van der Waals surface area contributed by atoms with Gasteiger partial charge in [0.05, 0.1) is 0 Å². The van der Waals surface area contributed by atoms with Gasteiger partial charge in [0.15, 0.2) is 0 Å².